The SMILES string of the molecule is CC(=O)N(CC(=O)NCc1ccccc1)C1=N/C(=C\c2ccc(Cl)cc2)C(=O)N1. The second-order valence-electron chi connectivity index (χ2n) is 6.34. The molecule has 3 rings (SSSR count). The van der Waals surface area contributed by atoms with E-state index in [1.165, 1.54) is 6.92 Å². The Morgan fingerprint density at radius 1 is 1.14 bits per heavy atom. The number of amides is 3. The molecule has 2 N–H and O–H groups in total. The molecule has 3 amide bonds. The quantitative estimate of drug-likeness (QED) is 0.741. The van der Waals surface area contributed by atoms with Gasteiger partial charge < -0.3 is 5.32 Å². The molecule has 0 radical (unpaired) electrons. The minimum absolute atomic E-state index is 0.0255. The predicted octanol–water partition coefficient (Wildman–Crippen LogP) is 2.33. The van der Waals surface area contributed by atoms with E-state index in [0.717, 1.165) is 16.0 Å². The van der Waals surface area contributed by atoms with E-state index in [-0.39, 0.29) is 24.1 Å². The molecular weight excluding hydrogens is 392 g/mol. The number of halogens is 1. The maximum absolute atomic E-state index is 12.3. The van der Waals surface area contributed by atoms with Crippen LogP contribution in [0.3, 0.4) is 0 Å². The number of aliphatic imine (C=N–C) groups is 1. The van der Waals surface area contributed by atoms with Crippen LogP contribution in [0.15, 0.2) is 65.3 Å². The summed E-state index contributed by atoms with van der Waals surface area (Å²) < 4.78 is 0. The molecular formula is C21H19ClN4O3. The molecule has 0 saturated heterocycles. The Bertz CT molecular complexity index is 985. The van der Waals surface area contributed by atoms with Gasteiger partial charge >= 0.3 is 0 Å². The van der Waals surface area contributed by atoms with Crippen LogP contribution in [0, 0.1) is 0 Å². The molecule has 0 bridgehead atoms. The van der Waals surface area contributed by atoms with Crippen LogP contribution in [-0.2, 0) is 20.9 Å². The Morgan fingerprint density at radius 2 is 1.83 bits per heavy atom. The van der Waals surface area contributed by atoms with Gasteiger partial charge in [0.25, 0.3) is 5.91 Å². The van der Waals surface area contributed by atoms with Crippen molar-refractivity contribution in [1.82, 2.24) is 15.5 Å². The average Bonchev–Trinajstić information content (AvgIpc) is 3.06. The van der Waals surface area contributed by atoms with Crippen LogP contribution in [0.5, 0.6) is 0 Å². The van der Waals surface area contributed by atoms with E-state index in [4.69, 9.17) is 11.6 Å². The summed E-state index contributed by atoms with van der Waals surface area (Å²) in [6, 6.07) is 16.3. The minimum Gasteiger partial charge on any atom is -0.350 e. The van der Waals surface area contributed by atoms with E-state index >= 15 is 0 Å². The first kappa shape index (κ1) is 20.3. The summed E-state index contributed by atoms with van der Waals surface area (Å²) in [6.45, 7) is 1.39. The lowest BCUT2D eigenvalue weighted by molar-refractivity contribution is -0.131. The lowest BCUT2D eigenvalue weighted by Crippen LogP contribution is -2.47. The molecule has 0 fully saturated rings. The van der Waals surface area contributed by atoms with Gasteiger partial charge in [-0.1, -0.05) is 54.1 Å². The van der Waals surface area contributed by atoms with Crippen LogP contribution in [0.1, 0.15) is 18.1 Å². The second-order valence-corrected chi connectivity index (χ2v) is 6.77. The van der Waals surface area contributed by atoms with E-state index < -0.39 is 11.8 Å². The standard InChI is InChI=1S/C21H19ClN4O3/c1-14(27)26(13-19(28)23-12-16-5-3-2-4-6-16)21-24-18(20(29)25-21)11-15-7-9-17(22)10-8-15/h2-11H,12-13H2,1H3,(H,23,28)(H,24,25,29)/b18-11-. The van der Waals surface area contributed by atoms with E-state index in [1.54, 1.807) is 30.3 Å². The fourth-order valence-electron chi connectivity index (χ4n) is 2.63. The van der Waals surface area contributed by atoms with Gasteiger partial charge in [-0.2, -0.15) is 0 Å². The van der Waals surface area contributed by atoms with Gasteiger partial charge in [-0.05, 0) is 29.3 Å². The zero-order valence-corrected chi connectivity index (χ0v) is 16.4. The Hall–Kier alpha value is -3.45. The van der Waals surface area contributed by atoms with Gasteiger partial charge in [-0.25, -0.2) is 4.99 Å². The molecule has 2 aromatic carbocycles. The minimum atomic E-state index is -0.453. The summed E-state index contributed by atoms with van der Waals surface area (Å²) in [5, 5.41) is 5.87. The fourth-order valence-corrected chi connectivity index (χ4v) is 2.76. The van der Waals surface area contributed by atoms with Gasteiger partial charge in [0.1, 0.15) is 12.2 Å². The molecule has 7 nitrogen and oxygen atoms in total. The Labute approximate surface area is 173 Å². The van der Waals surface area contributed by atoms with Crippen LogP contribution in [0.2, 0.25) is 5.02 Å². The number of nitrogens with one attached hydrogen (secondary N) is 2. The topological polar surface area (TPSA) is 90.9 Å². The van der Waals surface area contributed by atoms with Crippen LogP contribution in [0.25, 0.3) is 6.08 Å². The van der Waals surface area contributed by atoms with Gasteiger partial charge in [-0.15, -0.1) is 0 Å². The van der Waals surface area contributed by atoms with Crippen molar-refractivity contribution in [2.24, 2.45) is 4.99 Å². The van der Waals surface area contributed by atoms with Crippen LogP contribution < -0.4 is 10.6 Å². The normalized spacial score (nSPS) is 14.3. The third kappa shape index (κ3) is 5.52. The van der Waals surface area contributed by atoms with Crippen molar-refractivity contribution in [3.05, 3.63) is 76.4 Å². The Balaban J connectivity index is 1.69. The molecule has 0 unspecified atom stereocenters. The maximum atomic E-state index is 12.3. The number of hydrogen-bond acceptors (Lipinski definition) is 4. The summed E-state index contributed by atoms with van der Waals surface area (Å²) in [6.07, 6.45) is 1.58. The second kappa shape index (κ2) is 9.16. The molecule has 0 aliphatic carbocycles. The van der Waals surface area contributed by atoms with Crippen LogP contribution >= 0.6 is 11.6 Å². The fraction of sp³-hybridized carbons (Fsp3) is 0.143. The highest BCUT2D eigenvalue weighted by Crippen LogP contribution is 2.16. The predicted molar refractivity (Wildman–Crippen MR) is 111 cm³/mol. The smallest absolute Gasteiger partial charge is 0.276 e. The molecule has 8 heteroatoms. The van der Waals surface area contributed by atoms with Crippen molar-refractivity contribution in [3.63, 3.8) is 0 Å². The zero-order valence-electron chi connectivity index (χ0n) is 15.7. The van der Waals surface area contributed by atoms with Crippen LogP contribution in [0.4, 0.5) is 0 Å². The number of rotatable bonds is 5. The van der Waals surface area contributed by atoms with Gasteiger partial charge in [0.15, 0.2) is 0 Å². The highest BCUT2D eigenvalue weighted by molar-refractivity contribution is 6.30. The molecule has 148 valence electrons. The van der Waals surface area contributed by atoms with Crippen molar-refractivity contribution in [2.75, 3.05) is 6.54 Å². The molecule has 1 heterocycles. The highest BCUT2D eigenvalue weighted by Gasteiger charge is 2.28. The monoisotopic (exact) mass is 410 g/mol. The summed E-state index contributed by atoms with van der Waals surface area (Å²) >= 11 is 5.86. The van der Waals surface area contributed by atoms with Crippen molar-refractivity contribution in [3.8, 4) is 0 Å². The number of benzene rings is 2. The molecule has 0 atom stereocenters. The molecule has 0 spiro atoms. The summed E-state index contributed by atoms with van der Waals surface area (Å²) in [5.74, 6) is -1.20. The van der Waals surface area contributed by atoms with Crippen molar-refractivity contribution < 1.29 is 14.4 Å². The van der Waals surface area contributed by atoms with Crippen molar-refractivity contribution in [2.45, 2.75) is 13.5 Å². The number of guanidine groups is 1. The van der Waals surface area contributed by atoms with E-state index in [1.807, 2.05) is 30.3 Å². The zero-order chi connectivity index (χ0) is 20.8. The lowest BCUT2D eigenvalue weighted by atomic mass is 10.2. The largest absolute Gasteiger partial charge is 0.350 e. The Kier molecular flexibility index (Phi) is 6.41. The summed E-state index contributed by atoms with van der Waals surface area (Å²) in [7, 11) is 0. The highest BCUT2D eigenvalue weighted by atomic mass is 35.5. The number of carbonyl (C=O) groups is 3. The van der Waals surface area contributed by atoms with Gasteiger partial charge in [0.2, 0.25) is 17.8 Å². The third-order valence-corrected chi connectivity index (χ3v) is 4.38. The van der Waals surface area contributed by atoms with E-state index in [9.17, 15) is 14.4 Å². The molecule has 1 aliphatic rings. The van der Waals surface area contributed by atoms with Gasteiger partial charge in [-0.3, -0.25) is 24.6 Å². The number of hydrogen-bond donors (Lipinski definition) is 2. The third-order valence-electron chi connectivity index (χ3n) is 4.13. The molecule has 2 aromatic rings. The first-order valence-electron chi connectivity index (χ1n) is 8.88. The summed E-state index contributed by atoms with van der Waals surface area (Å²) in [5.41, 5.74) is 1.81. The molecule has 0 saturated carbocycles. The summed E-state index contributed by atoms with van der Waals surface area (Å²) in [4.78, 5) is 41.8. The number of nitrogens with zero attached hydrogens (tertiary/aromatic N) is 2. The van der Waals surface area contributed by atoms with Gasteiger partial charge in [0.05, 0.1) is 0 Å². The molecule has 29 heavy (non-hydrogen) atoms. The first-order chi connectivity index (χ1) is 13.9. The molecule has 0 aromatic heterocycles. The first-order valence-corrected chi connectivity index (χ1v) is 9.26. The maximum Gasteiger partial charge on any atom is 0.276 e. The van der Waals surface area contributed by atoms with E-state index in [0.29, 0.717) is 11.6 Å². The van der Waals surface area contributed by atoms with Crippen LogP contribution in [-0.4, -0.2) is 35.1 Å². The van der Waals surface area contributed by atoms with Gasteiger partial charge in [0, 0.05) is 18.5 Å². The molecule has 1 aliphatic heterocycles. The average molecular weight is 411 g/mol. The number of carbonyl (C=O) groups excluding carboxylic acids is 3. The Morgan fingerprint density at radius 3 is 2.48 bits per heavy atom. The van der Waals surface area contributed by atoms with E-state index in [2.05, 4.69) is 15.6 Å². The van der Waals surface area contributed by atoms with Crippen molar-refractivity contribution >= 4 is 41.4 Å². The lowest BCUT2D eigenvalue weighted by Gasteiger charge is -2.19. The van der Waals surface area contributed by atoms with Crippen molar-refractivity contribution in [1.29, 1.82) is 0 Å².